The third-order valence-electron chi connectivity index (χ3n) is 7.06. The van der Waals surface area contributed by atoms with Gasteiger partial charge in [-0.05, 0) is 6.42 Å². The van der Waals surface area contributed by atoms with Crippen LogP contribution in [0.1, 0.15) is 122 Å². The van der Waals surface area contributed by atoms with Crippen molar-refractivity contribution in [1.82, 2.24) is 0 Å². The first-order chi connectivity index (χ1) is 17.5. The van der Waals surface area contributed by atoms with Crippen LogP contribution in [0.2, 0.25) is 0 Å². The summed E-state index contributed by atoms with van der Waals surface area (Å²) in [5, 5.41) is 0. The van der Waals surface area contributed by atoms with Gasteiger partial charge in [-0.15, -0.1) is 0 Å². The molecule has 7 nitrogen and oxygen atoms in total. The maximum atomic E-state index is 11.9. The Morgan fingerprint density at radius 3 is 1.58 bits per heavy atom. The Labute approximate surface area is 222 Å². The molecular weight excluding hydrogens is 477 g/mol. The van der Waals surface area contributed by atoms with E-state index in [1.165, 1.54) is 101 Å². The number of rotatable bonds is 26. The molecule has 1 unspecified atom stereocenters. The van der Waals surface area contributed by atoms with Gasteiger partial charge >= 0.3 is 0 Å². The second kappa shape index (κ2) is 24.1. The van der Waals surface area contributed by atoms with E-state index in [9.17, 15) is 9.46 Å². The van der Waals surface area contributed by atoms with Gasteiger partial charge in [0.2, 0.25) is 0 Å². The van der Waals surface area contributed by atoms with Crippen LogP contribution < -0.4 is 9.79 Å². The molecule has 1 atom stereocenters. The fourth-order valence-corrected chi connectivity index (χ4v) is 5.62. The number of nitrogens with one attached hydrogen (secondary N) is 1. The lowest BCUT2D eigenvalue weighted by atomic mass is 10.0. The van der Waals surface area contributed by atoms with E-state index in [0.29, 0.717) is 13.2 Å². The van der Waals surface area contributed by atoms with E-state index >= 15 is 0 Å². The van der Waals surface area contributed by atoms with Crippen molar-refractivity contribution in [2.75, 3.05) is 53.2 Å². The zero-order valence-electron chi connectivity index (χ0n) is 23.7. The molecule has 0 radical (unpaired) electrons. The highest BCUT2D eigenvalue weighted by Gasteiger charge is 2.24. The van der Waals surface area contributed by atoms with Gasteiger partial charge in [-0.25, -0.2) is 0 Å². The van der Waals surface area contributed by atoms with Gasteiger partial charge in [0.1, 0.15) is 0 Å². The molecule has 8 heteroatoms. The minimum absolute atomic E-state index is 0.0161. The highest BCUT2D eigenvalue weighted by Crippen LogP contribution is 2.40. The van der Waals surface area contributed by atoms with E-state index in [4.69, 9.17) is 18.5 Å². The average Bonchev–Trinajstić information content (AvgIpc) is 2.85. The van der Waals surface area contributed by atoms with Crippen molar-refractivity contribution in [3.63, 3.8) is 0 Å². The molecule has 0 aromatic heterocycles. The third-order valence-corrected chi connectivity index (χ3v) is 8.11. The van der Waals surface area contributed by atoms with Gasteiger partial charge in [0.05, 0.1) is 52.7 Å². The lowest BCUT2D eigenvalue weighted by molar-refractivity contribution is -0.885. The molecule has 1 N–H and O–H groups in total. The molecule has 0 saturated carbocycles. The number of phosphoric acid groups is 1. The topological polar surface area (TPSA) is 81.5 Å². The van der Waals surface area contributed by atoms with Crippen LogP contribution in [-0.4, -0.2) is 59.3 Å². The van der Waals surface area contributed by atoms with Crippen LogP contribution in [0.4, 0.5) is 0 Å². The van der Waals surface area contributed by atoms with Gasteiger partial charge in [-0.3, -0.25) is 4.57 Å². The number of unbranched alkanes of at least 4 members (excludes halogenated alkanes) is 15. The van der Waals surface area contributed by atoms with Crippen molar-refractivity contribution < 1.29 is 32.9 Å². The summed E-state index contributed by atoms with van der Waals surface area (Å²) >= 11 is 0. The second-order valence-electron chi connectivity index (χ2n) is 10.6. The quantitative estimate of drug-likeness (QED) is 0.117. The van der Waals surface area contributed by atoms with Crippen LogP contribution >= 0.6 is 7.82 Å². The lowest BCUT2D eigenvalue weighted by Gasteiger charge is -2.31. The van der Waals surface area contributed by atoms with Crippen molar-refractivity contribution in [3.8, 4) is 0 Å². The predicted octanol–water partition coefficient (Wildman–Crippen LogP) is 5.46. The van der Waals surface area contributed by atoms with Crippen LogP contribution in [0.5, 0.6) is 0 Å². The Morgan fingerprint density at radius 1 is 0.667 bits per heavy atom. The monoisotopic (exact) mass is 535 g/mol. The largest absolute Gasteiger partial charge is 0.756 e. The lowest BCUT2D eigenvalue weighted by Crippen LogP contribution is -3.10. The minimum atomic E-state index is -4.25. The zero-order valence-corrected chi connectivity index (χ0v) is 24.5. The molecule has 1 fully saturated rings. The fourth-order valence-electron chi connectivity index (χ4n) is 4.68. The van der Waals surface area contributed by atoms with E-state index in [1.54, 1.807) is 0 Å². The molecule has 0 aromatic rings. The van der Waals surface area contributed by atoms with Gasteiger partial charge in [0.25, 0.3) is 7.82 Å². The van der Waals surface area contributed by atoms with Crippen molar-refractivity contribution in [3.05, 3.63) is 0 Å². The zero-order chi connectivity index (χ0) is 26.2. The Balaban J connectivity index is 1.73. The summed E-state index contributed by atoms with van der Waals surface area (Å²) in [6.07, 6.45) is 23.1. The highest BCUT2D eigenvalue weighted by molar-refractivity contribution is 7.45. The van der Waals surface area contributed by atoms with E-state index in [-0.39, 0.29) is 19.3 Å². The maximum Gasteiger partial charge on any atom is 0.268 e. The summed E-state index contributed by atoms with van der Waals surface area (Å²) in [5.74, 6) is 0. The summed E-state index contributed by atoms with van der Waals surface area (Å²) in [5.41, 5.74) is 0. The second-order valence-corrected chi connectivity index (χ2v) is 11.9. The first-order valence-electron chi connectivity index (χ1n) is 15.1. The van der Waals surface area contributed by atoms with Crippen molar-refractivity contribution in [2.45, 2.75) is 129 Å². The van der Waals surface area contributed by atoms with Crippen LogP contribution in [-0.2, 0) is 23.1 Å². The van der Waals surface area contributed by atoms with Gasteiger partial charge in [-0.2, -0.15) is 0 Å². The fraction of sp³-hybridized carbons (Fsp3) is 1.00. The molecule has 0 bridgehead atoms. The van der Waals surface area contributed by atoms with E-state index in [1.807, 2.05) is 0 Å². The standard InChI is InChI=1S/C28H58NO6P/c1-3-4-5-6-7-8-9-10-11-12-13-14-15-16-17-18-23-32-24-25-33-26-27-34-36(30,31)35-28-19-21-29(2)22-20-28/h28H,3-27H2,1-2H3,(H,30,31). The minimum Gasteiger partial charge on any atom is -0.756 e. The Bertz CT molecular complexity index is 516. The first-order valence-corrected chi connectivity index (χ1v) is 16.6. The SMILES string of the molecule is CCCCCCCCCCCCCCCCCCOCCOCCOP(=O)([O-])OC1CC[NH+](C)CC1. The van der Waals surface area contributed by atoms with Gasteiger partial charge in [0.15, 0.2) is 0 Å². The van der Waals surface area contributed by atoms with Crippen LogP contribution in [0, 0.1) is 0 Å². The molecule has 1 aliphatic rings. The van der Waals surface area contributed by atoms with E-state index in [2.05, 4.69) is 14.0 Å². The molecule has 0 spiro atoms. The van der Waals surface area contributed by atoms with Gasteiger partial charge < -0.3 is 28.3 Å². The van der Waals surface area contributed by atoms with Crippen LogP contribution in [0.15, 0.2) is 0 Å². The van der Waals surface area contributed by atoms with Crippen molar-refractivity contribution in [2.24, 2.45) is 0 Å². The number of hydrogen-bond donors (Lipinski definition) is 1. The molecule has 0 aliphatic carbocycles. The van der Waals surface area contributed by atoms with E-state index < -0.39 is 7.82 Å². The van der Waals surface area contributed by atoms with Gasteiger partial charge in [-0.1, -0.05) is 103 Å². The van der Waals surface area contributed by atoms with Crippen molar-refractivity contribution >= 4 is 7.82 Å². The maximum absolute atomic E-state index is 11.9. The molecule has 0 aromatic carbocycles. The van der Waals surface area contributed by atoms with Crippen LogP contribution in [0.25, 0.3) is 0 Å². The molecule has 1 aliphatic heterocycles. The number of hydrogen-bond acceptors (Lipinski definition) is 6. The number of phosphoric ester groups is 1. The molecule has 36 heavy (non-hydrogen) atoms. The normalized spacial score (nSPS) is 20.0. The number of quaternary nitrogens is 1. The highest BCUT2D eigenvalue weighted by atomic mass is 31.2. The average molecular weight is 536 g/mol. The summed E-state index contributed by atoms with van der Waals surface area (Å²) in [6, 6.07) is 0. The van der Waals surface area contributed by atoms with Gasteiger partial charge in [0, 0.05) is 19.4 Å². The third kappa shape index (κ3) is 22.0. The molecular formula is C28H58NO6P. The summed E-state index contributed by atoms with van der Waals surface area (Å²) in [4.78, 5) is 13.3. The Morgan fingerprint density at radius 2 is 1.08 bits per heavy atom. The number of piperidine rings is 1. The molecule has 1 saturated heterocycles. The molecule has 1 rings (SSSR count). The number of likely N-dealkylation sites (tertiary alicyclic amines) is 1. The molecule has 1 heterocycles. The van der Waals surface area contributed by atoms with Crippen molar-refractivity contribution in [1.29, 1.82) is 0 Å². The first kappa shape index (κ1) is 34.0. The number of ether oxygens (including phenoxy) is 2. The summed E-state index contributed by atoms with van der Waals surface area (Å²) in [6.45, 7) is 6.07. The smallest absolute Gasteiger partial charge is 0.268 e. The Kier molecular flexibility index (Phi) is 22.7. The van der Waals surface area contributed by atoms with Crippen LogP contribution in [0.3, 0.4) is 0 Å². The predicted molar refractivity (Wildman–Crippen MR) is 145 cm³/mol. The Hall–Kier alpha value is -0.0100. The van der Waals surface area contributed by atoms with E-state index in [0.717, 1.165) is 39.0 Å². The summed E-state index contributed by atoms with van der Waals surface area (Å²) in [7, 11) is -2.15. The summed E-state index contributed by atoms with van der Waals surface area (Å²) < 4.78 is 33.0. The molecule has 0 amide bonds. The molecule has 216 valence electrons.